The number of carbonyl (C=O) groups is 1. The molecule has 0 atom stereocenters. The highest BCUT2D eigenvalue weighted by Gasteiger charge is 2.09. The first-order valence-corrected chi connectivity index (χ1v) is 6.21. The molecular formula is C16H15F2NO. The molecule has 2 aromatic rings. The van der Waals surface area contributed by atoms with E-state index in [-0.39, 0.29) is 12.2 Å². The monoisotopic (exact) mass is 275 g/mol. The first-order valence-electron chi connectivity index (χ1n) is 6.21. The zero-order valence-corrected chi connectivity index (χ0v) is 11.4. The van der Waals surface area contributed by atoms with Crippen LogP contribution < -0.4 is 4.90 Å². The Kier molecular flexibility index (Phi) is 4.13. The first-order chi connectivity index (χ1) is 9.45. The van der Waals surface area contributed by atoms with Crippen molar-refractivity contribution in [3.8, 4) is 0 Å². The molecule has 0 saturated carbocycles. The summed E-state index contributed by atoms with van der Waals surface area (Å²) in [5.74, 6) is -1.51. The van der Waals surface area contributed by atoms with Crippen molar-refractivity contribution in [1.29, 1.82) is 0 Å². The average Bonchev–Trinajstić information content (AvgIpc) is 2.37. The van der Waals surface area contributed by atoms with Crippen LogP contribution in [0.15, 0.2) is 42.5 Å². The molecule has 0 heterocycles. The quantitative estimate of drug-likeness (QED) is 0.796. The van der Waals surface area contributed by atoms with E-state index in [9.17, 15) is 13.6 Å². The summed E-state index contributed by atoms with van der Waals surface area (Å²) < 4.78 is 26.1. The van der Waals surface area contributed by atoms with Gasteiger partial charge in [-0.25, -0.2) is 8.78 Å². The predicted molar refractivity (Wildman–Crippen MR) is 75.2 cm³/mol. The van der Waals surface area contributed by atoms with E-state index in [1.165, 1.54) is 12.1 Å². The van der Waals surface area contributed by atoms with E-state index in [1.54, 1.807) is 12.1 Å². The van der Waals surface area contributed by atoms with Crippen molar-refractivity contribution < 1.29 is 13.6 Å². The van der Waals surface area contributed by atoms with Crippen molar-refractivity contribution in [3.05, 3.63) is 65.2 Å². The minimum atomic E-state index is -0.671. The van der Waals surface area contributed by atoms with Gasteiger partial charge in [-0.3, -0.25) is 4.79 Å². The molecule has 2 aromatic carbocycles. The van der Waals surface area contributed by atoms with Crippen molar-refractivity contribution in [2.45, 2.75) is 6.42 Å². The number of halogens is 2. The molecule has 0 N–H and O–H groups in total. The fraction of sp³-hybridized carbons (Fsp3) is 0.188. The maximum absolute atomic E-state index is 13.1. The van der Waals surface area contributed by atoms with Gasteiger partial charge in [0, 0.05) is 37.8 Å². The molecule has 2 rings (SSSR count). The van der Waals surface area contributed by atoms with Crippen molar-refractivity contribution in [1.82, 2.24) is 0 Å². The van der Waals surface area contributed by atoms with Gasteiger partial charge in [-0.15, -0.1) is 0 Å². The van der Waals surface area contributed by atoms with Gasteiger partial charge in [0.25, 0.3) is 0 Å². The van der Waals surface area contributed by atoms with Crippen LogP contribution in [-0.2, 0) is 6.42 Å². The van der Waals surface area contributed by atoms with E-state index < -0.39 is 11.6 Å². The first kappa shape index (κ1) is 14.2. The number of nitrogens with zero attached hydrogens (tertiary/aromatic N) is 1. The van der Waals surface area contributed by atoms with Crippen LogP contribution in [0.4, 0.5) is 14.5 Å². The number of hydrogen-bond donors (Lipinski definition) is 0. The van der Waals surface area contributed by atoms with Gasteiger partial charge in [0.15, 0.2) is 5.78 Å². The zero-order chi connectivity index (χ0) is 14.7. The largest absolute Gasteiger partial charge is 0.378 e. The molecule has 20 heavy (non-hydrogen) atoms. The Morgan fingerprint density at radius 1 is 1.00 bits per heavy atom. The van der Waals surface area contributed by atoms with E-state index in [1.807, 2.05) is 31.1 Å². The molecular weight excluding hydrogens is 260 g/mol. The van der Waals surface area contributed by atoms with Crippen LogP contribution in [0.3, 0.4) is 0 Å². The topological polar surface area (TPSA) is 20.3 Å². The van der Waals surface area contributed by atoms with E-state index in [0.29, 0.717) is 11.1 Å². The average molecular weight is 275 g/mol. The normalized spacial score (nSPS) is 10.4. The van der Waals surface area contributed by atoms with Crippen LogP contribution >= 0.6 is 0 Å². The molecule has 0 bridgehead atoms. The molecule has 0 unspecified atom stereocenters. The Hall–Kier alpha value is -2.23. The Bertz CT molecular complexity index is 601. The van der Waals surface area contributed by atoms with Crippen LogP contribution in [-0.4, -0.2) is 19.9 Å². The third-order valence-electron chi connectivity index (χ3n) is 2.99. The van der Waals surface area contributed by atoms with E-state index in [2.05, 4.69) is 0 Å². The molecule has 0 saturated heterocycles. The number of carbonyl (C=O) groups excluding carboxylic acids is 1. The van der Waals surface area contributed by atoms with Gasteiger partial charge in [0.1, 0.15) is 11.6 Å². The Balaban J connectivity index is 2.15. The lowest BCUT2D eigenvalue weighted by Crippen LogP contribution is -2.09. The summed E-state index contributed by atoms with van der Waals surface area (Å²) in [6, 6.07) is 10.2. The highest BCUT2D eigenvalue weighted by atomic mass is 19.1. The fourth-order valence-corrected chi connectivity index (χ4v) is 1.95. The summed E-state index contributed by atoms with van der Waals surface area (Å²) >= 11 is 0. The summed E-state index contributed by atoms with van der Waals surface area (Å²) in [6.07, 6.45) is -0.0179. The number of ketones is 1. The van der Waals surface area contributed by atoms with Gasteiger partial charge in [-0.05, 0) is 42.0 Å². The molecule has 0 aliphatic rings. The van der Waals surface area contributed by atoms with E-state index >= 15 is 0 Å². The second kappa shape index (κ2) is 5.82. The highest BCUT2D eigenvalue weighted by molar-refractivity contribution is 5.97. The predicted octanol–water partition coefficient (Wildman–Crippen LogP) is 3.46. The second-order valence-electron chi connectivity index (χ2n) is 4.82. The Labute approximate surface area is 116 Å². The molecule has 4 heteroatoms. The standard InChI is InChI=1S/C16H15F2NO/c1-19(2)15-5-3-12(4-6-15)16(20)9-11-7-13(17)10-14(18)8-11/h3-8,10H,9H2,1-2H3. The van der Waals surface area contributed by atoms with Gasteiger partial charge in [-0.1, -0.05) is 0 Å². The smallest absolute Gasteiger partial charge is 0.167 e. The minimum Gasteiger partial charge on any atom is -0.378 e. The summed E-state index contributed by atoms with van der Waals surface area (Å²) in [5, 5.41) is 0. The lowest BCUT2D eigenvalue weighted by Gasteiger charge is -2.12. The van der Waals surface area contributed by atoms with E-state index in [4.69, 9.17) is 0 Å². The molecule has 0 aliphatic heterocycles. The molecule has 0 aliphatic carbocycles. The lowest BCUT2D eigenvalue weighted by molar-refractivity contribution is 0.0993. The van der Waals surface area contributed by atoms with Crippen LogP contribution in [0.2, 0.25) is 0 Å². The number of rotatable bonds is 4. The van der Waals surface area contributed by atoms with Crippen molar-refractivity contribution >= 4 is 11.5 Å². The molecule has 0 amide bonds. The van der Waals surface area contributed by atoms with Crippen molar-refractivity contribution in [3.63, 3.8) is 0 Å². The summed E-state index contributed by atoms with van der Waals surface area (Å²) in [6.45, 7) is 0. The summed E-state index contributed by atoms with van der Waals surface area (Å²) in [7, 11) is 3.82. The SMILES string of the molecule is CN(C)c1ccc(C(=O)Cc2cc(F)cc(F)c2)cc1. The third-order valence-corrected chi connectivity index (χ3v) is 2.99. The maximum Gasteiger partial charge on any atom is 0.167 e. The van der Waals surface area contributed by atoms with Crippen LogP contribution in [0.25, 0.3) is 0 Å². The molecule has 0 radical (unpaired) electrons. The Morgan fingerprint density at radius 2 is 1.55 bits per heavy atom. The number of anilines is 1. The third kappa shape index (κ3) is 3.41. The van der Waals surface area contributed by atoms with E-state index in [0.717, 1.165) is 11.8 Å². The minimum absolute atomic E-state index is 0.0179. The van der Waals surface area contributed by atoms with Gasteiger partial charge < -0.3 is 4.90 Å². The van der Waals surface area contributed by atoms with Gasteiger partial charge in [0.2, 0.25) is 0 Å². The fourth-order valence-electron chi connectivity index (χ4n) is 1.95. The number of benzene rings is 2. The van der Waals surface area contributed by atoms with Crippen LogP contribution in [0.5, 0.6) is 0 Å². The summed E-state index contributed by atoms with van der Waals surface area (Å²) in [4.78, 5) is 14.0. The second-order valence-corrected chi connectivity index (χ2v) is 4.82. The van der Waals surface area contributed by atoms with Gasteiger partial charge in [0.05, 0.1) is 0 Å². The summed E-state index contributed by atoms with van der Waals surface area (Å²) in [5.41, 5.74) is 1.85. The Morgan fingerprint density at radius 3 is 2.05 bits per heavy atom. The molecule has 0 fully saturated rings. The molecule has 2 nitrogen and oxygen atoms in total. The van der Waals surface area contributed by atoms with Gasteiger partial charge in [-0.2, -0.15) is 0 Å². The number of Topliss-reactive ketones (excluding diaryl/α,β-unsaturated/α-hetero) is 1. The zero-order valence-electron chi connectivity index (χ0n) is 11.4. The molecule has 104 valence electrons. The number of hydrogen-bond acceptors (Lipinski definition) is 2. The van der Waals surface area contributed by atoms with Crippen molar-refractivity contribution in [2.75, 3.05) is 19.0 Å². The maximum atomic E-state index is 13.1. The van der Waals surface area contributed by atoms with Crippen molar-refractivity contribution in [2.24, 2.45) is 0 Å². The van der Waals surface area contributed by atoms with Crippen LogP contribution in [0.1, 0.15) is 15.9 Å². The highest BCUT2D eigenvalue weighted by Crippen LogP contribution is 2.15. The molecule has 0 aromatic heterocycles. The lowest BCUT2D eigenvalue weighted by atomic mass is 10.0. The van der Waals surface area contributed by atoms with Gasteiger partial charge >= 0.3 is 0 Å². The van der Waals surface area contributed by atoms with Crippen LogP contribution in [0, 0.1) is 11.6 Å². The molecule has 0 spiro atoms.